The molecule has 2 unspecified atom stereocenters. The van der Waals surface area contributed by atoms with Crippen LogP contribution in [0.15, 0.2) is 18.3 Å². The number of nitrogens with one attached hydrogen (secondary N) is 1. The Morgan fingerprint density at radius 3 is 2.80 bits per heavy atom. The summed E-state index contributed by atoms with van der Waals surface area (Å²) in [6.45, 7) is 0.776. The average Bonchev–Trinajstić information content (AvgIpc) is 2.66. The number of hydrogen-bond acceptors (Lipinski definition) is 5. The number of aromatic nitrogens is 1. The van der Waals surface area contributed by atoms with Gasteiger partial charge in [0.1, 0.15) is 0 Å². The number of rotatable bonds is 4. The van der Waals surface area contributed by atoms with Crippen LogP contribution in [0, 0.1) is 16.0 Å². The zero-order valence-corrected chi connectivity index (χ0v) is 11.7. The molecule has 0 aliphatic carbocycles. The van der Waals surface area contributed by atoms with Gasteiger partial charge in [-0.15, -0.1) is 0 Å². The molecule has 2 atom stereocenters. The first-order valence-electron chi connectivity index (χ1n) is 7.20. The molecule has 6 nitrogen and oxygen atoms in total. The van der Waals surface area contributed by atoms with E-state index in [0.717, 1.165) is 6.54 Å². The summed E-state index contributed by atoms with van der Waals surface area (Å²) in [6.07, 6.45) is 6.54. The number of nitro groups is 1. The summed E-state index contributed by atoms with van der Waals surface area (Å²) in [6, 6.07) is 4.48. The van der Waals surface area contributed by atoms with Gasteiger partial charge in [0.05, 0.1) is 4.92 Å². The summed E-state index contributed by atoms with van der Waals surface area (Å²) in [4.78, 5) is 17.2. The van der Waals surface area contributed by atoms with E-state index in [9.17, 15) is 10.1 Å². The van der Waals surface area contributed by atoms with Gasteiger partial charge >= 0.3 is 5.69 Å². The smallest absolute Gasteiger partial charge is 0.311 e. The maximum Gasteiger partial charge on any atom is 0.311 e. The van der Waals surface area contributed by atoms with E-state index in [0.29, 0.717) is 23.8 Å². The van der Waals surface area contributed by atoms with E-state index in [1.54, 1.807) is 12.3 Å². The second-order valence-electron chi connectivity index (χ2n) is 5.90. The van der Waals surface area contributed by atoms with E-state index in [2.05, 4.69) is 22.2 Å². The number of pyridine rings is 1. The van der Waals surface area contributed by atoms with Gasteiger partial charge in [0, 0.05) is 30.9 Å². The molecule has 3 rings (SSSR count). The lowest BCUT2D eigenvalue weighted by atomic mass is 9.91. The highest BCUT2D eigenvalue weighted by atomic mass is 16.6. The van der Waals surface area contributed by atoms with Crippen molar-refractivity contribution in [2.24, 2.45) is 5.92 Å². The summed E-state index contributed by atoms with van der Waals surface area (Å²) < 4.78 is 0. The van der Waals surface area contributed by atoms with Crippen molar-refractivity contribution in [3.8, 4) is 0 Å². The van der Waals surface area contributed by atoms with Crippen LogP contribution >= 0.6 is 0 Å². The van der Waals surface area contributed by atoms with Crippen molar-refractivity contribution in [2.75, 3.05) is 18.9 Å². The molecule has 0 amide bonds. The Bertz CT molecular complexity index is 494. The lowest BCUT2D eigenvalue weighted by Crippen LogP contribution is -2.41. The molecule has 1 aromatic rings. The van der Waals surface area contributed by atoms with Crippen LogP contribution in [0.25, 0.3) is 0 Å². The maximum absolute atomic E-state index is 10.9. The molecule has 0 saturated carbocycles. The molecule has 3 heterocycles. The van der Waals surface area contributed by atoms with Crippen molar-refractivity contribution in [3.05, 3.63) is 28.4 Å². The summed E-state index contributed by atoms with van der Waals surface area (Å²) in [5.41, 5.74) is 0.0587. The van der Waals surface area contributed by atoms with Crippen molar-refractivity contribution < 1.29 is 4.92 Å². The van der Waals surface area contributed by atoms with Crippen molar-refractivity contribution in [1.82, 2.24) is 9.88 Å². The highest BCUT2D eigenvalue weighted by Gasteiger charge is 2.38. The van der Waals surface area contributed by atoms with E-state index in [1.807, 2.05) is 0 Å². The maximum atomic E-state index is 10.9. The summed E-state index contributed by atoms with van der Waals surface area (Å²) in [5, 5.41) is 14.1. The second-order valence-corrected chi connectivity index (χ2v) is 5.90. The van der Waals surface area contributed by atoms with Gasteiger partial charge in [-0.25, -0.2) is 4.98 Å². The fourth-order valence-electron chi connectivity index (χ4n) is 3.61. The molecular formula is C14H20N4O2. The fourth-order valence-corrected chi connectivity index (χ4v) is 3.61. The summed E-state index contributed by atoms with van der Waals surface area (Å²) in [5.74, 6) is 0.981. The van der Waals surface area contributed by atoms with Crippen LogP contribution in [0.4, 0.5) is 11.5 Å². The molecule has 0 spiro atoms. The topological polar surface area (TPSA) is 71.3 Å². The lowest BCUT2D eigenvalue weighted by Gasteiger charge is -2.36. The van der Waals surface area contributed by atoms with Crippen LogP contribution in [-0.4, -0.2) is 40.5 Å². The molecule has 1 N–H and O–H groups in total. The molecule has 0 aromatic carbocycles. The first-order valence-corrected chi connectivity index (χ1v) is 7.20. The molecular weight excluding hydrogens is 256 g/mol. The van der Waals surface area contributed by atoms with Gasteiger partial charge in [-0.1, -0.05) is 0 Å². The summed E-state index contributed by atoms with van der Waals surface area (Å²) >= 11 is 0. The third kappa shape index (κ3) is 2.47. The van der Waals surface area contributed by atoms with Crippen molar-refractivity contribution in [2.45, 2.75) is 37.8 Å². The van der Waals surface area contributed by atoms with Crippen molar-refractivity contribution >= 4 is 11.5 Å². The van der Waals surface area contributed by atoms with Crippen LogP contribution in [0.5, 0.6) is 0 Å². The highest BCUT2D eigenvalue weighted by molar-refractivity contribution is 5.55. The number of anilines is 1. The number of fused-ring (bicyclic) bond motifs is 2. The highest BCUT2D eigenvalue weighted by Crippen LogP contribution is 2.37. The predicted octanol–water partition coefficient (Wildman–Crippen LogP) is 2.27. The Hall–Kier alpha value is -1.69. The summed E-state index contributed by atoms with van der Waals surface area (Å²) in [7, 11) is 2.22. The molecule has 2 aliphatic rings. The van der Waals surface area contributed by atoms with E-state index in [4.69, 9.17) is 0 Å². The molecule has 2 fully saturated rings. The van der Waals surface area contributed by atoms with Crippen molar-refractivity contribution in [3.63, 3.8) is 0 Å². The van der Waals surface area contributed by atoms with Gasteiger partial charge in [-0.2, -0.15) is 0 Å². The van der Waals surface area contributed by atoms with Crippen LogP contribution in [0.3, 0.4) is 0 Å². The van der Waals surface area contributed by atoms with E-state index < -0.39 is 0 Å². The molecule has 20 heavy (non-hydrogen) atoms. The Labute approximate surface area is 118 Å². The quantitative estimate of drug-likeness (QED) is 0.674. The lowest BCUT2D eigenvalue weighted by molar-refractivity contribution is -0.384. The van der Waals surface area contributed by atoms with Crippen LogP contribution in [-0.2, 0) is 0 Å². The Morgan fingerprint density at radius 2 is 2.15 bits per heavy atom. The molecule has 6 heteroatoms. The van der Waals surface area contributed by atoms with Gasteiger partial charge in [0.2, 0.25) is 5.82 Å². The van der Waals surface area contributed by atoms with Gasteiger partial charge in [0.25, 0.3) is 0 Å². The monoisotopic (exact) mass is 276 g/mol. The first-order chi connectivity index (χ1) is 9.65. The minimum Gasteiger partial charge on any atom is -0.364 e. The third-order valence-corrected chi connectivity index (χ3v) is 4.74. The van der Waals surface area contributed by atoms with Crippen LogP contribution in [0.1, 0.15) is 25.7 Å². The Balaban J connectivity index is 1.62. The van der Waals surface area contributed by atoms with E-state index in [1.165, 1.54) is 31.7 Å². The number of hydrogen-bond donors (Lipinski definition) is 1. The van der Waals surface area contributed by atoms with Crippen LogP contribution < -0.4 is 5.32 Å². The normalized spacial score (nSPS) is 29.4. The molecule has 108 valence electrons. The van der Waals surface area contributed by atoms with Crippen LogP contribution in [0.2, 0.25) is 0 Å². The van der Waals surface area contributed by atoms with E-state index in [-0.39, 0.29) is 10.6 Å². The molecule has 2 aliphatic heterocycles. The van der Waals surface area contributed by atoms with Crippen molar-refractivity contribution in [1.29, 1.82) is 0 Å². The number of nitrogens with zero attached hydrogens (tertiary/aromatic N) is 3. The third-order valence-electron chi connectivity index (χ3n) is 4.74. The largest absolute Gasteiger partial charge is 0.364 e. The minimum absolute atomic E-state index is 0.0587. The van der Waals surface area contributed by atoms with E-state index >= 15 is 0 Å². The second kappa shape index (κ2) is 5.36. The Kier molecular flexibility index (Phi) is 3.56. The molecule has 0 radical (unpaired) electrons. The molecule has 1 aromatic heterocycles. The van der Waals surface area contributed by atoms with Gasteiger partial charge in [-0.3, -0.25) is 10.1 Å². The zero-order valence-electron chi connectivity index (χ0n) is 11.7. The van der Waals surface area contributed by atoms with Gasteiger partial charge < -0.3 is 10.2 Å². The Morgan fingerprint density at radius 1 is 1.45 bits per heavy atom. The minimum atomic E-state index is -0.381. The fraction of sp³-hybridized carbons (Fsp3) is 0.643. The molecule has 2 bridgehead atoms. The van der Waals surface area contributed by atoms with Gasteiger partial charge in [-0.05, 0) is 44.7 Å². The number of piperidine rings is 1. The predicted molar refractivity (Wildman–Crippen MR) is 76.7 cm³/mol. The SMILES string of the molecule is CN1C2CCC1CC(CNc1ncccc1[N+](=O)[O-])C2. The first kappa shape index (κ1) is 13.3. The standard InChI is InChI=1S/C14H20N4O2/c1-17-11-4-5-12(17)8-10(7-11)9-16-14-13(18(19)20)3-2-6-15-14/h2-3,6,10-12H,4-5,7-9H2,1H3,(H,15,16). The molecule has 2 saturated heterocycles. The average molecular weight is 276 g/mol. The zero-order chi connectivity index (χ0) is 14.1. The van der Waals surface area contributed by atoms with Gasteiger partial charge in [0.15, 0.2) is 0 Å².